The molecule has 0 aromatic heterocycles. The monoisotopic (exact) mass is 456 g/mol. The molecule has 1 saturated heterocycles. The van der Waals surface area contributed by atoms with E-state index < -0.39 is 5.60 Å². The second-order valence-corrected chi connectivity index (χ2v) is 10.1. The van der Waals surface area contributed by atoms with Gasteiger partial charge in [-0.2, -0.15) is 0 Å². The molecule has 1 aliphatic rings. The van der Waals surface area contributed by atoms with E-state index in [1.807, 2.05) is 50.0 Å². The smallest absolute Gasteiger partial charge is 0.429 e. The summed E-state index contributed by atoms with van der Waals surface area (Å²) in [6, 6.07) is 29.7. The molecule has 1 amide bonds. The van der Waals surface area contributed by atoms with Crippen LogP contribution in [-0.4, -0.2) is 28.8 Å². The molecule has 4 heteroatoms. The number of hydrogen-bond acceptors (Lipinski definition) is 3. The van der Waals surface area contributed by atoms with Gasteiger partial charge in [-0.25, -0.2) is 9.80 Å². The fraction of sp³-hybridized carbons (Fsp3) is 0.367. The zero-order chi connectivity index (χ0) is 24.1. The first-order chi connectivity index (χ1) is 16.4. The summed E-state index contributed by atoms with van der Waals surface area (Å²) in [5.74, 6) is 0. The lowest BCUT2D eigenvalue weighted by molar-refractivity contribution is 0.0195. The molecule has 34 heavy (non-hydrogen) atoms. The Bertz CT molecular complexity index is 1060. The Morgan fingerprint density at radius 2 is 1.44 bits per heavy atom. The molecule has 0 spiro atoms. The Kier molecular flexibility index (Phi) is 7.26. The second kappa shape index (κ2) is 10.3. The van der Waals surface area contributed by atoms with Crippen LogP contribution < -0.4 is 5.01 Å². The van der Waals surface area contributed by atoms with Crippen LogP contribution in [0.25, 0.3) is 11.1 Å². The number of anilines is 1. The SMILES string of the molecule is CCC[C@@H]1C[C@H](Cc2ccc(-c3ccccc3)cc2)N(C(=O)OC(C)(C)C)N1c1ccccc1. The van der Waals surface area contributed by atoms with Gasteiger partial charge in [0.2, 0.25) is 0 Å². The van der Waals surface area contributed by atoms with Crippen molar-refractivity contribution in [2.45, 2.75) is 71.1 Å². The van der Waals surface area contributed by atoms with Gasteiger partial charge >= 0.3 is 6.09 Å². The van der Waals surface area contributed by atoms with Crippen LogP contribution in [0.1, 0.15) is 52.5 Å². The van der Waals surface area contributed by atoms with E-state index >= 15 is 0 Å². The number of rotatable bonds is 6. The molecule has 1 aliphatic heterocycles. The summed E-state index contributed by atoms with van der Waals surface area (Å²) in [6.07, 6.45) is 3.52. The highest BCUT2D eigenvalue weighted by atomic mass is 16.6. The highest BCUT2D eigenvalue weighted by molar-refractivity contribution is 5.73. The van der Waals surface area contributed by atoms with Gasteiger partial charge in [0.05, 0.1) is 17.8 Å². The van der Waals surface area contributed by atoms with Gasteiger partial charge in [-0.3, -0.25) is 5.01 Å². The third-order valence-corrected chi connectivity index (χ3v) is 6.22. The number of carbonyl (C=O) groups is 1. The van der Waals surface area contributed by atoms with Crippen LogP contribution in [0.2, 0.25) is 0 Å². The van der Waals surface area contributed by atoms with Crippen molar-refractivity contribution in [3.63, 3.8) is 0 Å². The van der Waals surface area contributed by atoms with E-state index in [0.717, 1.165) is 31.4 Å². The van der Waals surface area contributed by atoms with Gasteiger partial charge in [-0.15, -0.1) is 0 Å². The fourth-order valence-electron chi connectivity index (χ4n) is 4.81. The first-order valence-electron chi connectivity index (χ1n) is 12.4. The Balaban J connectivity index is 1.63. The molecule has 4 nitrogen and oxygen atoms in total. The minimum atomic E-state index is -0.551. The molecule has 0 unspecified atom stereocenters. The zero-order valence-corrected chi connectivity index (χ0v) is 20.8. The van der Waals surface area contributed by atoms with Gasteiger partial charge in [0, 0.05) is 0 Å². The lowest BCUT2D eigenvalue weighted by atomic mass is 9.97. The Morgan fingerprint density at radius 1 is 0.853 bits per heavy atom. The standard InChI is InChI=1S/C30H36N2O2/c1-5-12-27-22-28(21-23-17-19-25(20-18-23)24-13-8-6-9-14-24)32(29(33)34-30(2,3)4)31(27)26-15-10-7-11-16-26/h6-11,13-20,27-28H,5,12,21-22H2,1-4H3/t27-,28+/m1/s1. The predicted molar refractivity (Wildman–Crippen MR) is 140 cm³/mol. The molecule has 3 aromatic carbocycles. The van der Waals surface area contributed by atoms with E-state index in [0.29, 0.717) is 0 Å². The fourth-order valence-corrected chi connectivity index (χ4v) is 4.81. The molecule has 0 N–H and O–H groups in total. The Morgan fingerprint density at radius 3 is 2.03 bits per heavy atom. The van der Waals surface area contributed by atoms with Crippen molar-refractivity contribution in [1.82, 2.24) is 5.01 Å². The minimum absolute atomic E-state index is 0.0363. The quantitative estimate of drug-likeness (QED) is 0.385. The number of ether oxygens (including phenoxy) is 1. The highest BCUT2D eigenvalue weighted by Gasteiger charge is 2.43. The van der Waals surface area contributed by atoms with Gasteiger partial charge in [-0.05, 0) is 68.9 Å². The first-order valence-corrected chi connectivity index (χ1v) is 12.4. The van der Waals surface area contributed by atoms with Gasteiger partial charge in [0.25, 0.3) is 0 Å². The average molecular weight is 457 g/mol. The number of hydrogen-bond donors (Lipinski definition) is 0. The Labute approximate surface area is 204 Å². The minimum Gasteiger partial charge on any atom is -0.442 e. The molecule has 0 aliphatic carbocycles. The molecule has 0 bridgehead atoms. The van der Waals surface area contributed by atoms with Crippen LogP contribution in [-0.2, 0) is 11.2 Å². The second-order valence-electron chi connectivity index (χ2n) is 10.1. The van der Waals surface area contributed by atoms with Crippen molar-refractivity contribution in [3.8, 4) is 11.1 Å². The molecule has 178 valence electrons. The molecule has 1 fully saturated rings. The predicted octanol–water partition coefficient (Wildman–Crippen LogP) is 7.50. The third kappa shape index (κ3) is 5.61. The summed E-state index contributed by atoms with van der Waals surface area (Å²) >= 11 is 0. The van der Waals surface area contributed by atoms with Crippen LogP contribution in [0.15, 0.2) is 84.9 Å². The highest BCUT2D eigenvalue weighted by Crippen LogP contribution is 2.36. The zero-order valence-electron chi connectivity index (χ0n) is 20.8. The van der Waals surface area contributed by atoms with Crippen LogP contribution >= 0.6 is 0 Å². The lowest BCUT2D eigenvalue weighted by Gasteiger charge is -2.37. The van der Waals surface area contributed by atoms with Crippen LogP contribution in [0.5, 0.6) is 0 Å². The average Bonchev–Trinajstić information content (AvgIpc) is 3.17. The maximum atomic E-state index is 13.5. The van der Waals surface area contributed by atoms with E-state index in [-0.39, 0.29) is 18.2 Å². The van der Waals surface area contributed by atoms with Crippen LogP contribution in [0.3, 0.4) is 0 Å². The summed E-state index contributed by atoms with van der Waals surface area (Å²) in [5, 5.41) is 4.06. The largest absolute Gasteiger partial charge is 0.442 e. The van der Waals surface area contributed by atoms with Crippen molar-refractivity contribution >= 4 is 11.8 Å². The summed E-state index contributed by atoms with van der Waals surface area (Å²) < 4.78 is 5.89. The van der Waals surface area contributed by atoms with Crippen LogP contribution in [0.4, 0.5) is 10.5 Å². The van der Waals surface area contributed by atoms with Gasteiger partial charge in [0.1, 0.15) is 5.60 Å². The number of benzene rings is 3. The summed E-state index contributed by atoms with van der Waals surface area (Å²) in [4.78, 5) is 13.5. The summed E-state index contributed by atoms with van der Waals surface area (Å²) in [7, 11) is 0. The van der Waals surface area contributed by atoms with Crippen molar-refractivity contribution in [2.24, 2.45) is 0 Å². The maximum absolute atomic E-state index is 13.5. The molecule has 3 aromatic rings. The van der Waals surface area contributed by atoms with E-state index in [1.165, 1.54) is 16.7 Å². The summed E-state index contributed by atoms with van der Waals surface area (Å²) in [6.45, 7) is 7.98. The lowest BCUT2D eigenvalue weighted by Crippen LogP contribution is -2.50. The third-order valence-electron chi connectivity index (χ3n) is 6.22. The number of para-hydroxylation sites is 1. The normalized spacial score (nSPS) is 18.2. The topological polar surface area (TPSA) is 32.8 Å². The number of amides is 1. The molecular weight excluding hydrogens is 420 g/mol. The van der Waals surface area contributed by atoms with Crippen LogP contribution in [0, 0.1) is 0 Å². The first kappa shape index (κ1) is 23.9. The van der Waals surface area contributed by atoms with E-state index in [1.54, 1.807) is 0 Å². The van der Waals surface area contributed by atoms with Gasteiger partial charge in [0.15, 0.2) is 0 Å². The molecule has 0 radical (unpaired) electrons. The van der Waals surface area contributed by atoms with Gasteiger partial charge in [-0.1, -0.05) is 86.1 Å². The van der Waals surface area contributed by atoms with Gasteiger partial charge < -0.3 is 4.74 Å². The van der Waals surface area contributed by atoms with Crippen molar-refractivity contribution in [1.29, 1.82) is 0 Å². The number of nitrogens with zero attached hydrogens (tertiary/aromatic N) is 2. The van der Waals surface area contributed by atoms with Crippen molar-refractivity contribution < 1.29 is 9.53 Å². The van der Waals surface area contributed by atoms with Crippen molar-refractivity contribution in [3.05, 3.63) is 90.5 Å². The maximum Gasteiger partial charge on any atom is 0.429 e. The molecule has 1 heterocycles. The molecule has 2 atom stereocenters. The molecular formula is C30H36N2O2. The van der Waals surface area contributed by atoms with E-state index in [9.17, 15) is 4.79 Å². The van der Waals surface area contributed by atoms with E-state index in [2.05, 4.69) is 72.6 Å². The molecule has 0 saturated carbocycles. The number of hydrazine groups is 1. The number of carbonyl (C=O) groups excluding carboxylic acids is 1. The summed E-state index contributed by atoms with van der Waals surface area (Å²) in [5.41, 5.74) is 4.12. The van der Waals surface area contributed by atoms with Crippen molar-refractivity contribution in [2.75, 3.05) is 5.01 Å². The molecule has 4 rings (SSSR count). The Hall–Kier alpha value is -3.27. The van der Waals surface area contributed by atoms with E-state index in [4.69, 9.17) is 4.74 Å².